The maximum Gasteiger partial charge on any atom is 0.00853 e. The molecule has 1 aliphatic carbocycles. The number of halogens is 1. The molecule has 0 aromatic rings. The van der Waals surface area contributed by atoms with Crippen LogP contribution in [-0.4, -0.2) is 5.33 Å². The summed E-state index contributed by atoms with van der Waals surface area (Å²) in [7, 11) is 0. The zero-order valence-corrected chi connectivity index (χ0v) is 7.16. The Morgan fingerprint density at radius 3 is 2.12 bits per heavy atom. The quantitative estimate of drug-likeness (QED) is 0.569. The van der Waals surface area contributed by atoms with Crippen LogP contribution in [0.5, 0.6) is 0 Å². The molecular formula is C7H13Br. The summed E-state index contributed by atoms with van der Waals surface area (Å²) in [6.07, 6.45) is 2.91. The molecule has 0 saturated heterocycles. The van der Waals surface area contributed by atoms with Crippen LogP contribution in [0.1, 0.15) is 26.7 Å². The fourth-order valence-corrected chi connectivity index (χ4v) is 1.43. The van der Waals surface area contributed by atoms with Gasteiger partial charge in [0.15, 0.2) is 0 Å². The van der Waals surface area contributed by atoms with E-state index in [9.17, 15) is 0 Å². The summed E-state index contributed by atoms with van der Waals surface area (Å²) in [6.45, 7) is 4.67. The minimum absolute atomic E-state index is 0.569. The van der Waals surface area contributed by atoms with Gasteiger partial charge in [0.1, 0.15) is 0 Å². The first-order chi connectivity index (χ1) is 3.67. The van der Waals surface area contributed by atoms with Gasteiger partial charge in [-0.25, -0.2) is 0 Å². The van der Waals surface area contributed by atoms with Crippen LogP contribution in [0.15, 0.2) is 0 Å². The molecule has 0 heterocycles. The van der Waals surface area contributed by atoms with Crippen molar-refractivity contribution >= 4 is 15.9 Å². The van der Waals surface area contributed by atoms with Gasteiger partial charge in [0.2, 0.25) is 0 Å². The predicted molar refractivity (Wildman–Crippen MR) is 40.3 cm³/mol. The first kappa shape index (κ1) is 6.60. The Morgan fingerprint density at radius 1 is 1.50 bits per heavy atom. The molecule has 0 aromatic heterocycles. The van der Waals surface area contributed by atoms with E-state index in [2.05, 4.69) is 29.8 Å². The Kier molecular flexibility index (Phi) is 1.66. The van der Waals surface area contributed by atoms with Crippen molar-refractivity contribution in [1.29, 1.82) is 0 Å². The lowest BCUT2D eigenvalue weighted by atomic mass is 9.90. The highest BCUT2D eigenvalue weighted by Crippen LogP contribution is 2.45. The molecule has 0 atom stereocenters. The number of rotatable bonds is 2. The lowest BCUT2D eigenvalue weighted by Gasteiger charge is -2.19. The highest BCUT2D eigenvalue weighted by Gasteiger charge is 2.36. The zero-order valence-electron chi connectivity index (χ0n) is 5.58. The second-order valence-corrected chi connectivity index (χ2v) is 3.96. The zero-order chi connectivity index (χ0) is 6.20. The third kappa shape index (κ3) is 1.25. The smallest absolute Gasteiger partial charge is 0.00853 e. The maximum atomic E-state index is 3.51. The van der Waals surface area contributed by atoms with Crippen LogP contribution in [0.4, 0.5) is 0 Å². The number of hydrogen-bond acceptors (Lipinski definition) is 0. The Bertz CT molecular complexity index is 82.4. The lowest BCUT2D eigenvalue weighted by molar-refractivity contribution is 0.363. The van der Waals surface area contributed by atoms with Gasteiger partial charge in [-0.2, -0.15) is 0 Å². The molecule has 0 spiro atoms. The molecule has 1 saturated carbocycles. The molecule has 0 unspecified atom stereocenters. The van der Waals surface area contributed by atoms with Gasteiger partial charge >= 0.3 is 0 Å². The highest BCUT2D eigenvalue weighted by molar-refractivity contribution is 9.09. The van der Waals surface area contributed by atoms with Crippen molar-refractivity contribution in [1.82, 2.24) is 0 Å². The molecular weight excluding hydrogens is 164 g/mol. The summed E-state index contributed by atoms with van der Waals surface area (Å²) in [5, 5.41) is 1.16. The normalized spacial score (nSPS) is 21.4. The van der Waals surface area contributed by atoms with Gasteiger partial charge in [0.25, 0.3) is 0 Å². The molecule has 1 rings (SSSR count). The summed E-state index contributed by atoms with van der Waals surface area (Å²) in [5.41, 5.74) is 0.569. The van der Waals surface area contributed by atoms with Gasteiger partial charge in [-0.1, -0.05) is 29.8 Å². The van der Waals surface area contributed by atoms with Crippen LogP contribution in [0.25, 0.3) is 0 Å². The predicted octanol–water partition coefficient (Wildman–Crippen LogP) is 2.82. The van der Waals surface area contributed by atoms with Crippen molar-refractivity contribution < 1.29 is 0 Å². The third-order valence-corrected chi connectivity index (χ3v) is 3.47. The SMILES string of the molecule is CC(C)(CBr)C1CC1. The van der Waals surface area contributed by atoms with E-state index in [1.807, 2.05) is 0 Å². The van der Waals surface area contributed by atoms with E-state index >= 15 is 0 Å². The topological polar surface area (TPSA) is 0 Å². The van der Waals surface area contributed by atoms with Gasteiger partial charge in [-0.05, 0) is 24.2 Å². The number of hydrogen-bond donors (Lipinski definition) is 0. The molecule has 0 amide bonds. The van der Waals surface area contributed by atoms with Gasteiger partial charge in [-0.15, -0.1) is 0 Å². The average Bonchev–Trinajstić information content (AvgIpc) is 2.44. The van der Waals surface area contributed by atoms with E-state index in [4.69, 9.17) is 0 Å². The molecule has 1 fully saturated rings. The van der Waals surface area contributed by atoms with Crippen molar-refractivity contribution in [2.75, 3.05) is 5.33 Å². The Labute approximate surface area is 59.8 Å². The van der Waals surface area contributed by atoms with Crippen LogP contribution >= 0.6 is 15.9 Å². The van der Waals surface area contributed by atoms with E-state index in [0.717, 1.165) is 11.2 Å². The van der Waals surface area contributed by atoms with Crippen molar-refractivity contribution in [3.63, 3.8) is 0 Å². The van der Waals surface area contributed by atoms with Gasteiger partial charge in [0, 0.05) is 5.33 Å². The van der Waals surface area contributed by atoms with Gasteiger partial charge in [0.05, 0.1) is 0 Å². The summed E-state index contributed by atoms with van der Waals surface area (Å²) < 4.78 is 0. The molecule has 0 aliphatic heterocycles. The highest BCUT2D eigenvalue weighted by atomic mass is 79.9. The Hall–Kier alpha value is 0.480. The second-order valence-electron chi connectivity index (χ2n) is 3.40. The minimum atomic E-state index is 0.569. The summed E-state index contributed by atoms with van der Waals surface area (Å²) in [4.78, 5) is 0. The van der Waals surface area contributed by atoms with Crippen molar-refractivity contribution in [2.45, 2.75) is 26.7 Å². The van der Waals surface area contributed by atoms with Crippen LogP contribution < -0.4 is 0 Å². The van der Waals surface area contributed by atoms with Crippen molar-refractivity contribution in [3.8, 4) is 0 Å². The summed E-state index contributed by atoms with van der Waals surface area (Å²) >= 11 is 3.51. The summed E-state index contributed by atoms with van der Waals surface area (Å²) in [6, 6.07) is 0. The number of alkyl halides is 1. The van der Waals surface area contributed by atoms with Crippen LogP contribution in [0, 0.1) is 11.3 Å². The molecule has 0 radical (unpaired) electrons. The monoisotopic (exact) mass is 176 g/mol. The van der Waals surface area contributed by atoms with Crippen LogP contribution in [0.3, 0.4) is 0 Å². The second kappa shape index (κ2) is 2.02. The average molecular weight is 177 g/mol. The van der Waals surface area contributed by atoms with Crippen molar-refractivity contribution in [3.05, 3.63) is 0 Å². The first-order valence-electron chi connectivity index (χ1n) is 3.23. The van der Waals surface area contributed by atoms with E-state index in [-0.39, 0.29) is 0 Å². The molecule has 0 nitrogen and oxygen atoms in total. The van der Waals surface area contributed by atoms with E-state index in [0.29, 0.717) is 5.41 Å². The maximum absolute atomic E-state index is 3.51. The Morgan fingerprint density at radius 2 is 2.00 bits per heavy atom. The fourth-order valence-electron chi connectivity index (χ4n) is 0.974. The largest absolute Gasteiger partial charge is 0.0922 e. The standard InChI is InChI=1S/C7H13Br/c1-7(2,5-8)6-3-4-6/h6H,3-5H2,1-2H3. The lowest BCUT2D eigenvalue weighted by Crippen LogP contribution is -2.14. The first-order valence-corrected chi connectivity index (χ1v) is 4.35. The van der Waals surface area contributed by atoms with E-state index in [1.165, 1.54) is 12.8 Å². The van der Waals surface area contributed by atoms with Gasteiger partial charge < -0.3 is 0 Å². The Balaban J connectivity index is 2.37. The third-order valence-electron chi connectivity index (χ3n) is 2.03. The molecule has 1 aliphatic rings. The van der Waals surface area contributed by atoms with Crippen LogP contribution in [-0.2, 0) is 0 Å². The molecule has 0 aromatic carbocycles. The molecule has 48 valence electrons. The molecule has 0 bridgehead atoms. The van der Waals surface area contributed by atoms with E-state index < -0.39 is 0 Å². The molecule has 0 N–H and O–H groups in total. The van der Waals surface area contributed by atoms with Crippen molar-refractivity contribution in [2.24, 2.45) is 11.3 Å². The molecule has 1 heteroatoms. The minimum Gasteiger partial charge on any atom is -0.0922 e. The fraction of sp³-hybridized carbons (Fsp3) is 1.00. The van der Waals surface area contributed by atoms with E-state index in [1.54, 1.807) is 0 Å². The summed E-state index contributed by atoms with van der Waals surface area (Å²) in [5.74, 6) is 1.02. The molecule has 8 heavy (non-hydrogen) atoms. The van der Waals surface area contributed by atoms with Gasteiger partial charge in [-0.3, -0.25) is 0 Å². The van der Waals surface area contributed by atoms with Crippen LogP contribution in [0.2, 0.25) is 0 Å².